The van der Waals surface area contributed by atoms with Crippen LogP contribution in [0.3, 0.4) is 0 Å². The summed E-state index contributed by atoms with van der Waals surface area (Å²) in [6, 6.07) is 0.369. The molecule has 1 atom stereocenters. The van der Waals surface area contributed by atoms with E-state index in [0.717, 1.165) is 51.2 Å². The second-order valence-electron chi connectivity index (χ2n) is 8.64. The third-order valence-electron chi connectivity index (χ3n) is 6.46. The molecule has 0 bridgehead atoms. The van der Waals surface area contributed by atoms with Crippen molar-refractivity contribution < 1.29 is 9.59 Å². The van der Waals surface area contributed by atoms with E-state index in [4.69, 9.17) is 0 Å². The zero-order chi connectivity index (χ0) is 17.2. The lowest BCUT2D eigenvalue weighted by Crippen LogP contribution is -2.45. The topological polar surface area (TPSA) is 61.4 Å². The van der Waals surface area contributed by atoms with Gasteiger partial charge in [-0.15, -0.1) is 12.4 Å². The van der Waals surface area contributed by atoms with Gasteiger partial charge in [0, 0.05) is 25.6 Å². The highest BCUT2D eigenvalue weighted by Crippen LogP contribution is 2.31. The maximum absolute atomic E-state index is 12.6. The molecule has 2 amide bonds. The number of carbonyl (C=O) groups excluding carboxylic acids is 2. The van der Waals surface area contributed by atoms with Gasteiger partial charge in [0.2, 0.25) is 11.8 Å². The number of hydrogen-bond acceptors (Lipinski definition) is 3. The zero-order valence-corrected chi connectivity index (χ0v) is 16.5. The predicted molar refractivity (Wildman–Crippen MR) is 102 cm³/mol. The van der Waals surface area contributed by atoms with Gasteiger partial charge in [0.25, 0.3) is 0 Å². The van der Waals surface area contributed by atoms with Crippen LogP contribution in [0, 0.1) is 17.3 Å². The molecule has 2 heterocycles. The summed E-state index contributed by atoms with van der Waals surface area (Å²) in [4.78, 5) is 26.9. The van der Waals surface area contributed by atoms with Crippen LogP contribution in [0.2, 0.25) is 0 Å². The highest BCUT2D eigenvalue weighted by atomic mass is 35.5. The SMILES string of the molecule is CC1CCC(N2CC(C(=O)NCC3(C)CCNCC3)CC2=O)CC1.Cl. The van der Waals surface area contributed by atoms with Crippen LogP contribution in [0.5, 0.6) is 0 Å². The van der Waals surface area contributed by atoms with Crippen LogP contribution < -0.4 is 10.6 Å². The molecular weight excluding hydrogens is 338 g/mol. The van der Waals surface area contributed by atoms with Gasteiger partial charge in [-0.1, -0.05) is 13.8 Å². The summed E-state index contributed by atoms with van der Waals surface area (Å²) in [7, 11) is 0. The van der Waals surface area contributed by atoms with Crippen LogP contribution in [0.25, 0.3) is 0 Å². The van der Waals surface area contributed by atoms with Gasteiger partial charge in [-0.25, -0.2) is 0 Å². The van der Waals surface area contributed by atoms with Gasteiger partial charge in [0.05, 0.1) is 5.92 Å². The molecule has 2 aliphatic heterocycles. The average Bonchev–Trinajstić information content (AvgIpc) is 2.96. The quantitative estimate of drug-likeness (QED) is 0.797. The Kier molecular flexibility index (Phi) is 7.15. The third-order valence-corrected chi connectivity index (χ3v) is 6.46. The number of rotatable bonds is 4. The highest BCUT2D eigenvalue weighted by molar-refractivity contribution is 5.89. The number of carbonyl (C=O) groups is 2. The summed E-state index contributed by atoms with van der Waals surface area (Å²) in [6.07, 6.45) is 7.22. The van der Waals surface area contributed by atoms with Gasteiger partial charge in [0.1, 0.15) is 0 Å². The largest absolute Gasteiger partial charge is 0.355 e. The summed E-state index contributed by atoms with van der Waals surface area (Å²) < 4.78 is 0. The molecule has 1 aliphatic carbocycles. The minimum Gasteiger partial charge on any atom is -0.355 e. The van der Waals surface area contributed by atoms with E-state index >= 15 is 0 Å². The molecule has 0 radical (unpaired) electrons. The first kappa shape index (κ1) is 20.5. The van der Waals surface area contributed by atoms with E-state index in [1.54, 1.807) is 0 Å². The lowest BCUT2D eigenvalue weighted by Gasteiger charge is -2.35. The molecule has 25 heavy (non-hydrogen) atoms. The van der Waals surface area contributed by atoms with Gasteiger partial charge in [-0.3, -0.25) is 9.59 Å². The molecule has 1 saturated carbocycles. The molecule has 3 fully saturated rings. The van der Waals surface area contributed by atoms with Crippen molar-refractivity contribution in [3.05, 3.63) is 0 Å². The molecule has 0 aromatic carbocycles. The Morgan fingerprint density at radius 2 is 1.88 bits per heavy atom. The number of nitrogens with one attached hydrogen (secondary N) is 2. The van der Waals surface area contributed by atoms with Crippen LogP contribution in [0.4, 0.5) is 0 Å². The minimum absolute atomic E-state index is 0. The normalized spacial score (nSPS) is 32.2. The van der Waals surface area contributed by atoms with E-state index in [0.29, 0.717) is 19.0 Å². The van der Waals surface area contributed by atoms with Crippen molar-refractivity contribution in [2.75, 3.05) is 26.2 Å². The number of amides is 2. The fourth-order valence-corrected chi connectivity index (χ4v) is 4.47. The summed E-state index contributed by atoms with van der Waals surface area (Å²) >= 11 is 0. The van der Waals surface area contributed by atoms with E-state index < -0.39 is 0 Å². The molecule has 3 rings (SSSR count). The first-order valence-electron chi connectivity index (χ1n) is 9.75. The number of halogens is 1. The smallest absolute Gasteiger partial charge is 0.225 e. The lowest BCUT2D eigenvalue weighted by atomic mass is 9.81. The minimum atomic E-state index is -0.151. The molecule has 5 nitrogen and oxygen atoms in total. The molecule has 2 N–H and O–H groups in total. The fraction of sp³-hybridized carbons (Fsp3) is 0.895. The summed E-state index contributed by atoms with van der Waals surface area (Å²) in [5, 5.41) is 6.51. The maximum atomic E-state index is 12.6. The van der Waals surface area contributed by atoms with E-state index in [9.17, 15) is 9.59 Å². The van der Waals surface area contributed by atoms with Crippen LogP contribution in [-0.2, 0) is 9.59 Å². The Balaban J connectivity index is 0.00000225. The van der Waals surface area contributed by atoms with Crippen molar-refractivity contribution >= 4 is 24.2 Å². The summed E-state index contributed by atoms with van der Waals surface area (Å²) in [5.41, 5.74) is 0.197. The standard InChI is InChI=1S/C19H33N3O2.ClH/c1-14-3-5-16(6-4-14)22-12-15(11-17(22)23)18(24)21-13-19(2)7-9-20-10-8-19;/h14-16,20H,3-13H2,1-2H3,(H,21,24);1H. The second-order valence-corrected chi connectivity index (χ2v) is 8.64. The van der Waals surface area contributed by atoms with Crippen molar-refractivity contribution in [2.45, 2.75) is 64.8 Å². The molecule has 6 heteroatoms. The van der Waals surface area contributed by atoms with Crippen molar-refractivity contribution in [1.29, 1.82) is 0 Å². The van der Waals surface area contributed by atoms with Crippen LogP contribution in [0.15, 0.2) is 0 Å². The van der Waals surface area contributed by atoms with Gasteiger partial charge < -0.3 is 15.5 Å². The monoisotopic (exact) mass is 371 g/mol. The Morgan fingerprint density at radius 3 is 2.52 bits per heavy atom. The van der Waals surface area contributed by atoms with E-state index in [-0.39, 0.29) is 35.6 Å². The highest BCUT2D eigenvalue weighted by Gasteiger charge is 2.39. The van der Waals surface area contributed by atoms with Gasteiger partial charge in [-0.05, 0) is 62.9 Å². The molecule has 144 valence electrons. The Morgan fingerprint density at radius 1 is 1.24 bits per heavy atom. The maximum Gasteiger partial charge on any atom is 0.225 e. The molecule has 1 unspecified atom stereocenters. The number of likely N-dealkylation sites (tertiary alicyclic amines) is 1. The fourth-order valence-electron chi connectivity index (χ4n) is 4.47. The molecule has 2 saturated heterocycles. The molecule has 0 spiro atoms. The van der Waals surface area contributed by atoms with E-state index in [2.05, 4.69) is 24.5 Å². The lowest BCUT2D eigenvalue weighted by molar-refractivity contribution is -0.131. The van der Waals surface area contributed by atoms with Crippen LogP contribution in [0.1, 0.15) is 58.8 Å². The van der Waals surface area contributed by atoms with Crippen LogP contribution in [-0.4, -0.2) is 48.9 Å². The molecule has 0 aromatic rings. The summed E-state index contributed by atoms with van der Waals surface area (Å²) in [5.74, 6) is 0.892. The van der Waals surface area contributed by atoms with Gasteiger partial charge >= 0.3 is 0 Å². The van der Waals surface area contributed by atoms with Crippen molar-refractivity contribution in [3.63, 3.8) is 0 Å². The third kappa shape index (κ3) is 5.10. The Hall–Kier alpha value is -0.810. The number of piperidine rings is 1. The van der Waals surface area contributed by atoms with Crippen molar-refractivity contribution in [3.8, 4) is 0 Å². The van der Waals surface area contributed by atoms with E-state index in [1.807, 2.05) is 4.90 Å². The van der Waals surface area contributed by atoms with Crippen molar-refractivity contribution in [2.24, 2.45) is 17.3 Å². The van der Waals surface area contributed by atoms with Gasteiger partial charge in [0.15, 0.2) is 0 Å². The average molecular weight is 372 g/mol. The predicted octanol–water partition coefficient (Wildman–Crippen LogP) is 2.34. The molecule has 3 aliphatic rings. The van der Waals surface area contributed by atoms with Crippen LogP contribution >= 0.6 is 12.4 Å². The van der Waals surface area contributed by atoms with Crippen molar-refractivity contribution in [1.82, 2.24) is 15.5 Å². The number of hydrogen-bond donors (Lipinski definition) is 2. The zero-order valence-electron chi connectivity index (χ0n) is 15.7. The Labute approximate surface area is 158 Å². The number of nitrogens with zero attached hydrogens (tertiary/aromatic N) is 1. The molecule has 0 aromatic heterocycles. The Bertz CT molecular complexity index is 471. The van der Waals surface area contributed by atoms with Gasteiger partial charge in [-0.2, -0.15) is 0 Å². The first-order chi connectivity index (χ1) is 11.5. The summed E-state index contributed by atoms with van der Waals surface area (Å²) in [6.45, 7) is 7.97. The second kappa shape index (κ2) is 8.72. The molecular formula is C19H34ClN3O2. The first-order valence-corrected chi connectivity index (χ1v) is 9.75. The van der Waals surface area contributed by atoms with E-state index in [1.165, 1.54) is 12.8 Å².